The summed E-state index contributed by atoms with van der Waals surface area (Å²) in [7, 11) is 0. The fraction of sp³-hybridized carbons (Fsp3) is 0.0156. The summed E-state index contributed by atoms with van der Waals surface area (Å²) in [4.78, 5) is 17.6. The van der Waals surface area contributed by atoms with E-state index < -0.39 is 5.41 Å². The third kappa shape index (κ3) is 6.82. The molecule has 0 saturated heterocycles. The second-order valence-corrected chi connectivity index (χ2v) is 17.5. The number of rotatable bonds is 7. The molecule has 11 aromatic rings. The molecule has 3 heterocycles. The van der Waals surface area contributed by atoms with Gasteiger partial charge in [0.05, 0.1) is 16.8 Å². The lowest BCUT2D eigenvalue weighted by Gasteiger charge is -2.49. The van der Waals surface area contributed by atoms with Gasteiger partial charge in [0.15, 0.2) is 17.5 Å². The highest BCUT2D eigenvalue weighted by Crippen LogP contribution is 2.63. The van der Waals surface area contributed by atoms with Gasteiger partial charge in [-0.25, -0.2) is 15.0 Å². The van der Waals surface area contributed by atoms with Gasteiger partial charge in [-0.15, -0.1) is 0 Å². The summed E-state index contributed by atoms with van der Waals surface area (Å²) in [6.07, 6.45) is 0. The first kappa shape index (κ1) is 40.1. The lowest BCUT2D eigenvalue weighted by atomic mass is 9.60. The molecule has 0 aliphatic carbocycles. The van der Waals surface area contributed by atoms with Gasteiger partial charge in [-0.05, 0) is 99.1 Å². The van der Waals surface area contributed by atoms with Crippen molar-refractivity contribution in [2.45, 2.75) is 5.41 Å². The van der Waals surface area contributed by atoms with Crippen LogP contribution in [0.2, 0.25) is 0 Å². The predicted octanol–water partition coefficient (Wildman–Crippen LogP) is 16.1. The molecule has 5 heteroatoms. The van der Waals surface area contributed by atoms with E-state index >= 15 is 0 Å². The zero-order chi connectivity index (χ0) is 45.7. The van der Waals surface area contributed by atoms with Gasteiger partial charge in [0.25, 0.3) is 0 Å². The summed E-state index contributed by atoms with van der Waals surface area (Å²) in [5.74, 6) is 3.54. The zero-order valence-corrected chi connectivity index (χ0v) is 37.4. The fourth-order valence-corrected chi connectivity index (χ4v) is 10.4. The average molecular weight is 883 g/mol. The van der Waals surface area contributed by atoms with Gasteiger partial charge in [0.2, 0.25) is 0 Å². The van der Waals surface area contributed by atoms with Crippen LogP contribution in [0.4, 0.5) is 17.1 Å². The molecule has 0 fully saturated rings. The Bertz CT molecular complexity index is 3590. The third-order valence-electron chi connectivity index (χ3n) is 13.6. The van der Waals surface area contributed by atoms with Crippen LogP contribution in [0.1, 0.15) is 22.3 Å². The number of nitrogens with zero attached hydrogens (tertiary/aromatic N) is 4. The first-order chi connectivity index (χ1) is 34.2. The number of benzene rings is 10. The summed E-state index contributed by atoms with van der Waals surface area (Å²) in [6, 6.07) is 90.2. The summed E-state index contributed by atoms with van der Waals surface area (Å²) in [6.45, 7) is 0. The average Bonchev–Trinajstić information content (AvgIpc) is 3.44. The van der Waals surface area contributed by atoms with Crippen molar-refractivity contribution in [2.75, 3.05) is 4.90 Å². The third-order valence-corrected chi connectivity index (χ3v) is 13.6. The van der Waals surface area contributed by atoms with Gasteiger partial charge in [-0.2, -0.15) is 0 Å². The summed E-state index contributed by atoms with van der Waals surface area (Å²) < 4.78 is 6.85. The molecule has 0 unspecified atom stereocenters. The minimum Gasteiger partial charge on any atom is -0.457 e. The molecule has 0 amide bonds. The van der Waals surface area contributed by atoms with E-state index in [4.69, 9.17) is 19.7 Å². The molecule has 69 heavy (non-hydrogen) atoms. The highest BCUT2D eigenvalue weighted by Gasteiger charge is 2.51. The van der Waals surface area contributed by atoms with Gasteiger partial charge in [0.1, 0.15) is 11.5 Å². The van der Waals surface area contributed by atoms with Crippen LogP contribution in [0.15, 0.2) is 255 Å². The minimum atomic E-state index is -0.779. The van der Waals surface area contributed by atoms with Crippen LogP contribution in [0.3, 0.4) is 0 Å². The highest BCUT2D eigenvalue weighted by atomic mass is 16.5. The summed E-state index contributed by atoms with van der Waals surface area (Å²) >= 11 is 0. The van der Waals surface area contributed by atoms with Crippen molar-refractivity contribution in [3.05, 3.63) is 277 Å². The molecule has 2 aliphatic heterocycles. The molecular weight excluding hydrogens is 841 g/mol. The van der Waals surface area contributed by atoms with Crippen molar-refractivity contribution in [3.8, 4) is 79.0 Å². The zero-order valence-electron chi connectivity index (χ0n) is 37.4. The van der Waals surface area contributed by atoms with Crippen molar-refractivity contribution in [3.63, 3.8) is 0 Å². The quantitative estimate of drug-likeness (QED) is 0.160. The molecule has 10 aromatic carbocycles. The minimum absolute atomic E-state index is 0.610. The lowest BCUT2D eigenvalue weighted by molar-refractivity contribution is 0.434. The van der Waals surface area contributed by atoms with E-state index in [1.165, 1.54) is 16.7 Å². The molecular formula is C64H42N4O. The Hall–Kier alpha value is -9.19. The van der Waals surface area contributed by atoms with Gasteiger partial charge in [-0.1, -0.05) is 200 Å². The van der Waals surface area contributed by atoms with Gasteiger partial charge < -0.3 is 9.64 Å². The molecule has 1 aromatic heterocycles. The Morgan fingerprint density at radius 1 is 0.275 bits per heavy atom. The molecule has 0 atom stereocenters. The van der Waals surface area contributed by atoms with E-state index in [1.807, 2.05) is 60.7 Å². The molecule has 0 bridgehead atoms. The van der Waals surface area contributed by atoms with Crippen LogP contribution in [-0.2, 0) is 5.41 Å². The normalized spacial score (nSPS) is 12.8. The summed E-state index contributed by atoms with van der Waals surface area (Å²) in [5.41, 5.74) is 16.5. The Morgan fingerprint density at radius 3 is 1.16 bits per heavy atom. The predicted molar refractivity (Wildman–Crippen MR) is 279 cm³/mol. The largest absolute Gasteiger partial charge is 0.457 e. The van der Waals surface area contributed by atoms with Crippen molar-refractivity contribution in [2.24, 2.45) is 0 Å². The van der Waals surface area contributed by atoms with E-state index in [2.05, 4.69) is 199 Å². The van der Waals surface area contributed by atoms with Crippen molar-refractivity contribution >= 4 is 17.1 Å². The fourth-order valence-electron chi connectivity index (χ4n) is 10.4. The molecule has 0 saturated carbocycles. The van der Waals surface area contributed by atoms with E-state index in [9.17, 15) is 0 Å². The molecule has 0 radical (unpaired) electrons. The first-order valence-electron chi connectivity index (χ1n) is 23.3. The maximum atomic E-state index is 6.85. The van der Waals surface area contributed by atoms with Crippen LogP contribution in [0.5, 0.6) is 11.5 Å². The van der Waals surface area contributed by atoms with Gasteiger partial charge in [0, 0.05) is 33.5 Å². The number of anilines is 3. The van der Waals surface area contributed by atoms with Crippen LogP contribution in [0.25, 0.3) is 67.5 Å². The van der Waals surface area contributed by atoms with Crippen molar-refractivity contribution in [1.29, 1.82) is 0 Å². The Morgan fingerprint density at radius 2 is 0.638 bits per heavy atom. The maximum Gasteiger partial charge on any atom is 0.164 e. The van der Waals surface area contributed by atoms with E-state index in [0.717, 1.165) is 84.2 Å². The topological polar surface area (TPSA) is 51.1 Å². The first-order valence-corrected chi connectivity index (χ1v) is 23.3. The molecule has 324 valence electrons. The van der Waals surface area contributed by atoms with E-state index in [0.29, 0.717) is 17.5 Å². The number of fused-ring (bicyclic) bond motifs is 8. The highest BCUT2D eigenvalue weighted by molar-refractivity contribution is 5.94. The summed E-state index contributed by atoms with van der Waals surface area (Å²) in [5, 5.41) is 0. The molecule has 2 aliphatic rings. The molecule has 13 rings (SSSR count). The smallest absolute Gasteiger partial charge is 0.164 e. The van der Waals surface area contributed by atoms with Crippen molar-refractivity contribution < 1.29 is 4.74 Å². The van der Waals surface area contributed by atoms with E-state index in [1.54, 1.807) is 0 Å². The number of para-hydroxylation sites is 2. The van der Waals surface area contributed by atoms with Crippen molar-refractivity contribution in [1.82, 2.24) is 15.0 Å². The second kappa shape index (κ2) is 16.6. The van der Waals surface area contributed by atoms with Crippen LogP contribution in [-0.4, -0.2) is 15.0 Å². The van der Waals surface area contributed by atoms with Crippen LogP contribution >= 0.6 is 0 Å². The van der Waals surface area contributed by atoms with Gasteiger partial charge in [-0.3, -0.25) is 0 Å². The van der Waals surface area contributed by atoms with E-state index in [-0.39, 0.29) is 0 Å². The molecule has 1 spiro atoms. The Kier molecular flexibility index (Phi) is 9.65. The Balaban J connectivity index is 1.05. The second-order valence-electron chi connectivity index (χ2n) is 17.5. The molecule has 5 nitrogen and oxygen atoms in total. The number of aromatic nitrogens is 3. The molecule has 0 N–H and O–H groups in total. The van der Waals surface area contributed by atoms with Crippen LogP contribution in [0, 0.1) is 0 Å². The number of ether oxygens (including phenoxy) is 1. The number of hydrogen-bond donors (Lipinski definition) is 0. The standard InChI is InChI=1S/C64H42N4O/c1-5-18-43(19-6-1)45-32-36-52(37-33-45)68-57-38-34-49(44-20-7-2-8-21-44)41-55(57)64(53-28-13-15-30-59(53)69-60-31-16-14-29-54(60)64)56-42-50(35-39-58(56)68)48-26-17-27-51(40-48)63-66-61(46-22-9-3-10-23-46)65-62(67-63)47-24-11-4-12-25-47/h1-42H. The Labute approximate surface area is 401 Å². The lowest BCUT2D eigenvalue weighted by Crippen LogP contribution is -2.39. The van der Waals surface area contributed by atoms with Gasteiger partial charge >= 0.3 is 0 Å². The van der Waals surface area contributed by atoms with Crippen LogP contribution < -0.4 is 9.64 Å². The monoisotopic (exact) mass is 882 g/mol. The maximum absolute atomic E-state index is 6.85. The SMILES string of the molecule is c1ccc(-c2ccc(N3c4ccc(-c5ccccc5)cc4C4(c5ccccc5Oc5ccccc54)c4cc(-c5cccc(-c6nc(-c7ccccc7)nc(-c7ccccc7)n6)c5)ccc43)cc2)cc1. The number of hydrogen-bond acceptors (Lipinski definition) is 5.